The Morgan fingerprint density at radius 2 is 1.97 bits per heavy atom. The van der Waals surface area contributed by atoms with Gasteiger partial charge in [0.05, 0.1) is 16.7 Å². The highest BCUT2D eigenvalue weighted by molar-refractivity contribution is 7.99. The van der Waals surface area contributed by atoms with Crippen molar-refractivity contribution < 1.29 is 9.18 Å². The van der Waals surface area contributed by atoms with Gasteiger partial charge in [-0.1, -0.05) is 49.3 Å². The first-order chi connectivity index (χ1) is 13.8. The molecule has 0 saturated carbocycles. The molecule has 0 fully saturated rings. The molecule has 1 amide bonds. The van der Waals surface area contributed by atoms with E-state index in [2.05, 4.69) is 10.3 Å². The lowest BCUT2D eigenvalue weighted by Gasteiger charge is -2.15. The molecule has 0 aliphatic rings. The third-order valence-corrected chi connectivity index (χ3v) is 5.38. The van der Waals surface area contributed by atoms with Crippen molar-refractivity contribution in [3.8, 4) is 0 Å². The van der Waals surface area contributed by atoms with Crippen molar-refractivity contribution in [1.82, 2.24) is 14.9 Å². The lowest BCUT2D eigenvalue weighted by molar-refractivity contribution is -0.118. The molecule has 0 saturated heterocycles. The summed E-state index contributed by atoms with van der Waals surface area (Å²) < 4.78 is 14.6. The highest BCUT2D eigenvalue weighted by Crippen LogP contribution is 2.21. The van der Waals surface area contributed by atoms with Crippen molar-refractivity contribution in [2.75, 3.05) is 5.75 Å². The molecule has 0 bridgehead atoms. The molecule has 2 aromatic carbocycles. The molecule has 0 radical (unpaired) electrons. The second kappa shape index (κ2) is 9.41. The number of carbonyl (C=O) groups is 1. The molecule has 0 aliphatic heterocycles. The molecule has 8 heteroatoms. The highest BCUT2D eigenvalue weighted by Gasteiger charge is 2.14. The topological polar surface area (TPSA) is 64.0 Å². The van der Waals surface area contributed by atoms with Gasteiger partial charge in [0, 0.05) is 18.1 Å². The van der Waals surface area contributed by atoms with Crippen LogP contribution in [0.1, 0.15) is 19.4 Å². The summed E-state index contributed by atoms with van der Waals surface area (Å²) in [6.07, 6.45) is 0. The number of hydrogen-bond donors (Lipinski definition) is 1. The summed E-state index contributed by atoms with van der Waals surface area (Å²) in [5.74, 6) is -0.161. The number of fused-ring (bicyclic) bond motifs is 1. The van der Waals surface area contributed by atoms with Crippen LogP contribution >= 0.6 is 23.4 Å². The van der Waals surface area contributed by atoms with Gasteiger partial charge in [-0.25, -0.2) is 9.37 Å². The summed E-state index contributed by atoms with van der Waals surface area (Å²) in [4.78, 5) is 29.8. The van der Waals surface area contributed by atoms with Crippen molar-refractivity contribution in [2.24, 2.45) is 5.92 Å². The Hall–Kier alpha value is -2.38. The number of rotatable bonds is 7. The van der Waals surface area contributed by atoms with Crippen molar-refractivity contribution in [3.05, 3.63) is 69.2 Å². The summed E-state index contributed by atoms with van der Waals surface area (Å²) in [7, 11) is 0. The number of thioether (sulfide) groups is 1. The van der Waals surface area contributed by atoms with Gasteiger partial charge in [0.15, 0.2) is 5.16 Å². The average molecular weight is 434 g/mol. The number of nitrogens with zero attached hydrogens (tertiary/aromatic N) is 2. The molecular formula is C21H21ClFN3O2S. The predicted molar refractivity (Wildman–Crippen MR) is 115 cm³/mol. The second-order valence-corrected chi connectivity index (χ2v) is 8.44. The maximum Gasteiger partial charge on any atom is 0.262 e. The van der Waals surface area contributed by atoms with E-state index >= 15 is 0 Å². The molecule has 3 aromatic rings. The zero-order valence-corrected chi connectivity index (χ0v) is 17.7. The van der Waals surface area contributed by atoms with Crippen LogP contribution < -0.4 is 10.9 Å². The molecule has 3 rings (SSSR count). The van der Waals surface area contributed by atoms with Gasteiger partial charge >= 0.3 is 0 Å². The van der Waals surface area contributed by atoms with Crippen molar-refractivity contribution in [2.45, 2.75) is 32.1 Å². The first-order valence-corrected chi connectivity index (χ1v) is 10.5. The van der Waals surface area contributed by atoms with Crippen LogP contribution in [0.3, 0.4) is 0 Å². The molecule has 1 aromatic heterocycles. The molecular weight excluding hydrogens is 413 g/mol. The number of aromatic nitrogens is 2. The molecule has 5 nitrogen and oxygen atoms in total. The lowest BCUT2D eigenvalue weighted by atomic mass is 10.2. The van der Waals surface area contributed by atoms with Crippen molar-refractivity contribution >= 4 is 40.2 Å². The Bertz CT molecular complexity index is 1080. The highest BCUT2D eigenvalue weighted by atomic mass is 35.5. The van der Waals surface area contributed by atoms with E-state index in [0.29, 0.717) is 34.2 Å². The van der Waals surface area contributed by atoms with E-state index in [0.717, 1.165) is 5.56 Å². The van der Waals surface area contributed by atoms with Crippen LogP contribution in [0, 0.1) is 11.7 Å². The van der Waals surface area contributed by atoms with Crippen molar-refractivity contribution in [3.63, 3.8) is 0 Å². The number of halogens is 2. The number of carbonyl (C=O) groups excluding carboxylic acids is 1. The molecule has 1 N–H and O–H groups in total. The van der Waals surface area contributed by atoms with Crippen LogP contribution in [0.5, 0.6) is 0 Å². The zero-order chi connectivity index (χ0) is 21.0. The Kier molecular flexibility index (Phi) is 6.92. The lowest BCUT2D eigenvalue weighted by Crippen LogP contribution is -2.27. The standard InChI is InChI=1S/C21H21ClFN3O2S/c1-13(2)11-26-20(28)17-9-15(22)5-8-18(17)25-21(26)29-12-19(27)24-10-14-3-6-16(23)7-4-14/h3-9,13H,10-12H2,1-2H3,(H,24,27). The number of nitrogens with one attached hydrogen (secondary N) is 1. The van der Waals surface area contributed by atoms with Gasteiger partial charge in [-0.2, -0.15) is 0 Å². The van der Waals surface area contributed by atoms with E-state index in [1.807, 2.05) is 13.8 Å². The van der Waals surface area contributed by atoms with Gasteiger partial charge in [-0.05, 0) is 41.8 Å². The van der Waals surface area contributed by atoms with Crippen LogP contribution in [0.4, 0.5) is 4.39 Å². The van der Waals surface area contributed by atoms with Crippen LogP contribution in [-0.4, -0.2) is 21.2 Å². The van der Waals surface area contributed by atoms with E-state index in [9.17, 15) is 14.0 Å². The van der Waals surface area contributed by atoms with E-state index in [1.54, 1.807) is 34.9 Å². The largest absolute Gasteiger partial charge is 0.351 e. The fourth-order valence-corrected chi connectivity index (χ4v) is 3.80. The molecule has 0 atom stereocenters. The van der Waals surface area contributed by atoms with Gasteiger partial charge in [0.2, 0.25) is 5.91 Å². The fourth-order valence-electron chi connectivity index (χ4n) is 2.79. The zero-order valence-electron chi connectivity index (χ0n) is 16.1. The van der Waals surface area contributed by atoms with Gasteiger partial charge in [0.25, 0.3) is 5.56 Å². The minimum atomic E-state index is -0.317. The maximum absolute atomic E-state index is 13.0. The predicted octanol–water partition coefficient (Wildman–Crippen LogP) is 4.25. The smallest absolute Gasteiger partial charge is 0.262 e. The minimum absolute atomic E-state index is 0.116. The SMILES string of the molecule is CC(C)Cn1c(SCC(=O)NCc2ccc(F)cc2)nc2ccc(Cl)cc2c1=O. The second-order valence-electron chi connectivity index (χ2n) is 7.06. The summed E-state index contributed by atoms with van der Waals surface area (Å²) in [6.45, 7) is 4.83. The molecule has 0 spiro atoms. The van der Waals surface area contributed by atoms with E-state index in [1.165, 1.54) is 23.9 Å². The summed E-state index contributed by atoms with van der Waals surface area (Å²) >= 11 is 7.25. The third-order valence-electron chi connectivity index (χ3n) is 4.16. The minimum Gasteiger partial charge on any atom is -0.351 e. The average Bonchev–Trinajstić information content (AvgIpc) is 2.68. The number of hydrogen-bond acceptors (Lipinski definition) is 4. The molecule has 29 heavy (non-hydrogen) atoms. The maximum atomic E-state index is 13.0. The molecule has 152 valence electrons. The normalized spacial score (nSPS) is 11.2. The van der Waals surface area contributed by atoms with E-state index in [4.69, 9.17) is 11.6 Å². The molecule has 0 aliphatic carbocycles. The number of benzene rings is 2. The molecule has 0 unspecified atom stereocenters. The van der Waals surface area contributed by atoms with Crippen molar-refractivity contribution in [1.29, 1.82) is 0 Å². The van der Waals surface area contributed by atoms with Gasteiger partial charge < -0.3 is 5.32 Å². The van der Waals surface area contributed by atoms with Gasteiger partial charge in [-0.3, -0.25) is 14.2 Å². The van der Waals surface area contributed by atoms with Gasteiger partial charge in [-0.15, -0.1) is 0 Å². The first kappa shape index (κ1) is 21.3. The number of amides is 1. The van der Waals surface area contributed by atoms with E-state index < -0.39 is 0 Å². The van der Waals surface area contributed by atoms with Crippen LogP contribution in [0.2, 0.25) is 5.02 Å². The van der Waals surface area contributed by atoms with Crippen LogP contribution in [0.15, 0.2) is 52.4 Å². The Labute approximate surface area is 177 Å². The third kappa shape index (κ3) is 5.58. The quantitative estimate of drug-likeness (QED) is 0.447. The van der Waals surface area contributed by atoms with E-state index in [-0.39, 0.29) is 29.0 Å². The molecule has 1 heterocycles. The Balaban J connectivity index is 1.75. The Morgan fingerprint density at radius 3 is 2.66 bits per heavy atom. The Morgan fingerprint density at radius 1 is 1.24 bits per heavy atom. The summed E-state index contributed by atoms with van der Waals surface area (Å²) in [5.41, 5.74) is 1.19. The first-order valence-electron chi connectivity index (χ1n) is 9.17. The van der Waals surface area contributed by atoms with Gasteiger partial charge in [0.1, 0.15) is 5.82 Å². The summed E-state index contributed by atoms with van der Waals surface area (Å²) in [6, 6.07) is 11.0. The monoisotopic (exact) mass is 433 g/mol. The van der Waals surface area contributed by atoms with Crippen LogP contribution in [-0.2, 0) is 17.9 Å². The summed E-state index contributed by atoms with van der Waals surface area (Å²) in [5, 5.41) is 4.23. The fraction of sp³-hybridized carbons (Fsp3) is 0.286. The van der Waals surface area contributed by atoms with Crippen LogP contribution in [0.25, 0.3) is 10.9 Å².